The second-order valence-electron chi connectivity index (χ2n) is 10.2. The number of benzene rings is 3. The summed E-state index contributed by atoms with van der Waals surface area (Å²) in [6.07, 6.45) is 2.08. The van der Waals surface area contributed by atoms with Gasteiger partial charge in [0.05, 0.1) is 51.8 Å². The summed E-state index contributed by atoms with van der Waals surface area (Å²) in [6.45, 7) is 3.93. The van der Waals surface area contributed by atoms with E-state index in [0.717, 1.165) is 29.9 Å². The molecule has 10 heteroatoms. The highest BCUT2D eigenvalue weighted by Crippen LogP contribution is 2.31. The SMILES string of the molecule is COc1ccc(-n2cc(-c3ccccc3)nc2NC(=O)CN(CCN2CCOCC2)C(=O)Cc2ccccc2)cc1OC. The zero-order chi connectivity index (χ0) is 30.0. The summed E-state index contributed by atoms with van der Waals surface area (Å²) in [7, 11) is 3.16. The summed E-state index contributed by atoms with van der Waals surface area (Å²) in [4.78, 5) is 35.6. The molecular weight excluding hydrogens is 546 g/mol. The van der Waals surface area contributed by atoms with E-state index < -0.39 is 0 Å². The van der Waals surface area contributed by atoms with Crippen LogP contribution in [0.5, 0.6) is 11.5 Å². The topological polar surface area (TPSA) is 98.2 Å². The minimum absolute atomic E-state index is 0.102. The van der Waals surface area contributed by atoms with E-state index in [1.165, 1.54) is 0 Å². The number of morpholine rings is 1. The van der Waals surface area contributed by atoms with Crippen molar-refractivity contribution in [3.8, 4) is 28.4 Å². The highest BCUT2D eigenvalue weighted by molar-refractivity contribution is 5.94. The van der Waals surface area contributed by atoms with Crippen LogP contribution < -0.4 is 14.8 Å². The van der Waals surface area contributed by atoms with Crippen molar-refractivity contribution in [1.29, 1.82) is 0 Å². The van der Waals surface area contributed by atoms with Gasteiger partial charge in [-0.05, 0) is 17.7 Å². The number of aromatic nitrogens is 2. The maximum absolute atomic E-state index is 13.5. The maximum atomic E-state index is 13.5. The molecule has 0 bridgehead atoms. The lowest BCUT2D eigenvalue weighted by Gasteiger charge is -2.30. The number of imidazole rings is 1. The van der Waals surface area contributed by atoms with Gasteiger partial charge in [0.25, 0.3) is 0 Å². The number of hydrogen-bond donors (Lipinski definition) is 1. The van der Waals surface area contributed by atoms with Crippen molar-refractivity contribution in [3.05, 3.63) is 90.6 Å². The molecule has 1 aromatic heterocycles. The van der Waals surface area contributed by atoms with Crippen LogP contribution >= 0.6 is 0 Å². The van der Waals surface area contributed by atoms with Gasteiger partial charge in [-0.25, -0.2) is 4.98 Å². The van der Waals surface area contributed by atoms with Crippen molar-refractivity contribution in [1.82, 2.24) is 19.4 Å². The van der Waals surface area contributed by atoms with Crippen LogP contribution in [0.3, 0.4) is 0 Å². The van der Waals surface area contributed by atoms with E-state index in [1.807, 2.05) is 79.0 Å². The van der Waals surface area contributed by atoms with Crippen LogP contribution in [0, 0.1) is 0 Å². The van der Waals surface area contributed by atoms with Crippen molar-refractivity contribution in [2.24, 2.45) is 0 Å². The molecule has 1 aliphatic heterocycles. The van der Waals surface area contributed by atoms with Gasteiger partial charge in [-0.3, -0.25) is 24.4 Å². The fraction of sp³-hybridized carbons (Fsp3) is 0.303. The fourth-order valence-electron chi connectivity index (χ4n) is 4.99. The standard InChI is InChI=1S/C33H37N5O5/c1-41-29-14-13-27(22-30(29)42-2)38-23-28(26-11-7-4-8-12-26)34-33(38)35-31(39)24-37(16-15-36-17-19-43-20-18-36)32(40)21-25-9-5-3-6-10-25/h3-14,22-23H,15-21,24H2,1-2H3,(H,34,35,39). The van der Waals surface area contributed by atoms with Gasteiger partial charge in [0, 0.05) is 44.0 Å². The number of nitrogens with one attached hydrogen (secondary N) is 1. The number of amides is 2. The number of rotatable bonds is 12. The van der Waals surface area contributed by atoms with Crippen LogP contribution in [0.4, 0.5) is 5.95 Å². The van der Waals surface area contributed by atoms with E-state index in [0.29, 0.717) is 49.4 Å². The Bertz CT molecular complexity index is 1500. The van der Waals surface area contributed by atoms with Crippen LogP contribution in [-0.2, 0) is 20.7 Å². The molecule has 10 nitrogen and oxygen atoms in total. The van der Waals surface area contributed by atoms with Crippen molar-refractivity contribution < 1.29 is 23.8 Å². The van der Waals surface area contributed by atoms with Gasteiger partial charge >= 0.3 is 0 Å². The first kappa shape index (κ1) is 29.8. The van der Waals surface area contributed by atoms with Gasteiger partial charge in [-0.1, -0.05) is 60.7 Å². The van der Waals surface area contributed by atoms with Gasteiger partial charge in [0.2, 0.25) is 17.8 Å². The van der Waals surface area contributed by atoms with E-state index in [4.69, 9.17) is 19.2 Å². The Morgan fingerprint density at radius 3 is 2.33 bits per heavy atom. The third kappa shape index (κ3) is 7.79. The van der Waals surface area contributed by atoms with Crippen molar-refractivity contribution >= 4 is 17.8 Å². The van der Waals surface area contributed by atoms with Gasteiger partial charge in [-0.2, -0.15) is 0 Å². The second kappa shape index (κ2) is 14.5. The quantitative estimate of drug-likeness (QED) is 0.270. The normalized spacial score (nSPS) is 13.3. The molecule has 3 aromatic carbocycles. The Morgan fingerprint density at radius 2 is 1.63 bits per heavy atom. The Balaban J connectivity index is 1.38. The van der Waals surface area contributed by atoms with Gasteiger partial charge in [0.15, 0.2) is 11.5 Å². The summed E-state index contributed by atoms with van der Waals surface area (Å²) < 4.78 is 18.2. The van der Waals surface area contributed by atoms with Crippen molar-refractivity contribution in [2.45, 2.75) is 6.42 Å². The van der Waals surface area contributed by atoms with Crippen LogP contribution in [0.1, 0.15) is 5.56 Å². The van der Waals surface area contributed by atoms with E-state index in [-0.39, 0.29) is 24.8 Å². The molecule has 43 heavy (non-hydrogen) atoms. The molecule has 0 radical (unpaired) electrons. The lowest BCUT2D eigenvalue weighted by molar-refractivity contribution is -0.134. The van der Waals surface area contributed by atoms with E-state index in [1.54, 1.807) is 29.8 Å². The predicted molar refractivity (Wildman–Crippen MR) is 165 cm³/mol. The molecular formula is C33H37N5O5. The predicted octanol–water partition coefficient (Wildman–Crippen LogP) is 3.90. The van der Waals surface area contributed by atoms with Gasteiger partial charge < -0.3 is 19.1 Å². The maximum Gasteiger partial charge on any atom is 0.246 e. The average molecular weight is 584 g/mol. The molecule has 0 spiro atoms. The first-order valence-electron chi connectivity index (χ1n) is 14.3. The number of ether oxygens (including phenoxy) is 3. The van der Waals surface area contributed by atoms with Crippen LogP contribution in [0.15, 0.2) is 85.1 Å². The van der Waals surface area contributed by atoms with Crippen LogP contribution in [-0.4, -0.2) is 91.3 Å². The number of nitrogens with zero attached hydrogens (tertiary/aromatic N) is 4. The Kier molecular flexibility index (Phi) is 10.0. The fourth-order valence-corrected chi connectivity index (χ4v) is 4.99. The van der Waals surface area contributed by atoms with Crippen LogP contribution in [0.25, 0.3) is 16.9 Å². The molecule has 0 unspecified atom stereocenters. The van der Waals surface area contributed by atoms with Crippen LogP contribution in [0.2, 0.25) is 0 Å². The van der Waals surface area contributed by atoms with E-state index in [2.05, 4.69) is 10.2 Å². The summed E-state index contributed by atoms with van der Waals surface area (Å²) >= 11 is 0. The summed E-state index contributed by atoms with van der Waals surface area (Å²) in [5.74, 6) is 1.03. The first-order chi connectivity index (χ1) is 21.0. The molecule has 4 aromatic rings. The third-order valence-electron chi connectivity index (χ3n) is 7.35. The Morgan fingerprint density at radius 1 is 0.930 bits per heavy atom. The highest BCUT2D eigenvalue weighted by Gasteiger charge is 2.22. The molecule has 5 rings (SSSR count). The molecule has 1 aliphatic rings. The number of carbonyl (C=O) groups excluding carboxylic acids is 2. The lowest BCUT2D eigenvalue weighted by atomic mass is 10.1. The summed E-state index contributed by atoms with van der Waals surface area (Å²) in [5.41, 5.74) is 3.23. The third-order valence-corrected chi connectivity index (χ3v) is 7.35. The molecule has 1 fully saturated rings. The Hall–Kier alpha value is -4.67. The number of anilines is 1. The number of hydrogen-bond acceptors (Lipinski definition) is 7. The molecule has 0 aliphatic carbocycles. The second-order valence-corrected chi connectivity index (χ2v) is 10.2. The van der Waals surface area contributed by atoms with Gasteiger partial charge in [0.1, 0.15) is 0 Å². The number of carbonyl (C=O) groups is 2. The molecule has 2 amide bonds. The first-order valence-corrected chi connectivity index (χ1v) is 14.3. The molecule has 1 saturated heterocycles. The average Bonchev–Trinajstić information content (AvgIpc) is 3.47. The highest BCUT2D eigenvalue weighted by atomic mass is 16.5. The largest absolute Gasteiger partial charge is 0.493 e. The monoisotopic (exact) mass is 583 g/mol. The minimum atomic E-state index is -0.338. The summed E-state index contributed by atoms with van der Waals surface area (Å²) in [6, 6.07) is 24.8. The molecule has 1 N–H and O–H groups in total. The molecule has 0 saturated carbocycles. The van der Waals surface area contributed by atoms with E-state index >= 15 is 0 Å². The van der Waals surface area contributed by atoms with Crippen molar-refractivity contribution in [2.75, 3.05) is 65.5 Å². The van der Waals surface area contributed by atoms with Crippen molar-refractivity contribution in [3.63, 3.8) is 0 Å². The Labute approximate surface area is 251 Å². The minimum Gasteiger partial charge on any atom is -0.493 e. The summed E-state index contributed by atoms with van der Waals surface area (Å²) in [5, 5.41) is 2.97. The van der Waals surface area contributed by atoms with E-state index in [9.17, 15) is 9.59 Å². The molecule has 0 atom stereocenters. The zero-order valence-electron chi connectivity index (χ0n) is 24.6. The number of methoxy groups -OCH3 is 2. The molecule has 2 heterocycles. The zero-order valence-corrected chi connectivity index (χ0v) is 24.6. The molecule has 224 valence electrons. The van der Waals surface area contributed by atoms with Gasteiger partial charge in [-0.15, -0.1) is 0 Å². The lowest BCUT2D eigenvalue weighted by Crippen LogP contribution is -2.45. The smallest absolute Gasteiger partial charge is 0.246 e.